The summed E-state index contributed by atoms with van der Waals surface area (Å²) >= 11 is 0. The van der Waals surface area contributed by atoms with Crippen LogP contribution in [-0.4, -0.2) is 20.3 Å². The Kier molecular flexibility index (Phi) is 4.31. The van der Waals surface area contributed by atoms with Crippen LogP contribution in [0.1, 0.15) is 24.6 Å². The zero-order valence-electron chi connectivity index (χ0n) is 14.2. The highest BCUT2D eigenvalue weighted by atomic mass is 19.1. The van der Waals surface area contributed by atoms with Crippen molar-refractivity contribution in [3.8, 4) is 5.69 Å². The van der Waals surface area contributed by atoms with Gasteiger partial charge in [-0.25, -0.2) is 22.8 Å². The summed E-state index contributed by atoms with van der Waals surface area (Å²) in [4.78, 5) is 25.0. The number of para-hydroxylation sites is 1. The van der Waals surface area contributed by atoms with Crippen molar-refractivity contribution in [2.24, 2.45) is 0 Å². The molecule has 0 radical (unpaired) electrons. The van der Waals surface area contributed by atoms with Gasteiger partial charge in [-0.3, -0.25) is 4.79 Å². The van der Waals surface area contributed by atoms with E-state index in [0.29, 0.717) is 17.6 Å². The van der Waals surface area contributed by atoms with E-state index in [-0.39, 0.29) is 18.2 Å². The van der Waals surface area contributed by atoms with Crippen LogP contribution in [0.15, 0.2) is 53.3 Å². The summed E-state index contributed by atoms with van der Waals surface area (Å²) in [6, 6.07) is 11.9. The van der Waals surface area contributed by atoms with Crippen LogP contribution in [0.3, 0.4) is 0 Å². The molecule has 1 saturated carbocycles. The second-order valence-electron chi connectivity index (χ2n) is 6.42. The van der Waals surface area contributed by atoms with Gasteiger partial charge < -0.3 is 5.32 Å². The highest BCUT2D eigenvalue weighted by molar-refractivity contribution is 5.90. The van der Waals surface area contributed by atoms with Crippen molar-refractivity contribution in [1.82, 2.24) is 14.3 Å². The molecule has 0 atom stereocenters. The van der Waals surface area contributed by atoms with Crippen LogP contribution < -0.4 is 11.0 Å². The average Bonchev–Trinajstić information content (AvgIpc) is 3.44. The molecule has 1 N–H and O–H groups in total. The van der Waals surface area contributed by atoms with Crippen molar-refractivity contribution >= 4 is 11.6 Å². The Hall–Kier alpha value is -3.29. The van der Waals surface area contributed by atoms with Gasteiger partial charge in [0, 0.05) is 12.0 Å². The molecule has 1 aliphatic carbocycles. The van der Waals surface area contributed by atoms with Gasteiger partial charge in [-0.1, -0.05) is 18.2 Å². The molecule has 0 spiro atoms. The lowest BCUT2D eigenvalue weighted by Gasteiger charge is -2.06. The van der Waals surface area contributed by atoms with Crippen molar-refractivity contribution < 1.29 is 13.6 Å². The molecule has 0 saturated heterocycles. The minimum absolute atomic E-state index is 0.153. The molecule has 0 unspecified atom stereocenters. The Morgan fingerprint density at radius 1 is 1.15 bits per heavy atom. The highest BCUT2D eigenvalue weighted by Crippen LogP contribution is 2.39. The van der Waals surface area contributed by atoms with Gasteiger partial charge in [-0.05, 0) is 37.1 Å². The highest BCUT2D eigenvalue weighted by Gasteiger charge is 2.31. The number of carbonyl (C=O) groups excluding carboxylic acids is 1. The lowest BCUT2D eigenvalue weighted by Crippen LogP contribution is -2.29. The molecule has 1 amide bonds. The van der Waals surface area contributed by atoms with Gasteiger partial charge in [0.1, 0.15) is 24.0 Å². The van der Waals surface area contributed by atoms with E-state index < -0.39 is 23.2 Å². The third-order valence-electron chi connectivity index (χ3n) is 4.32. The fourth-order valence-corrected chi connectivity index (χ4v) is 2.87. The molecule has 0 bridgehead atoms. The quantitative estimate of drug-likeness (QED) is 0.751. The lowest BCUT2D eigenvalue weighted by molar-refractivity contribution is -0.117. The average molecular weight is 370 g/mol. The monoisotopic (exact) mass is 370 g/mol. The Balaban J connectivity index is 1.61. The van der Waals surface area contributed by atoms with Gasteiger partial charge in [0.05, 0.1) is 11.4 Å². The zero-order valence-corrected chi connectivity index (χ0v) is 14.2. The molecular formula is C19H16F2N4O2. The number of benzene rings is 2. The first-order valence-electron chi connectivity index (χ1n) is 8.53. The third kappa shape index (κ3) is 3.51. The molecule has 1 fully saturated rings. The summed E-state index contributed by atoms with van der Waals surface area (Å²) in [7, 11) is 0. The van der Waals surface area contributed by atoms with E-state index in [0.717, 1.165) is 29.7 Å². The van der Waals surface area contributed by atoms with Crippen molar-refractivity contribution in [2.45, 2.75) is 25.3 Å². The van der Waals surface area contributed by atoms with Crippen molar-refractivity contribution in [1.29, 1.82) is 0 Å². The number of nitrogens with one attached hydrogen (secondary N) is 1. The predicted octanol–water partition coefficient (Wildman–Crippen LogP) is 2.83. The van der Waals surface area contributed by atoms with Gasteiger partial charge in [0.15, 0.2) is 0 Å². The fourth-order valence-electron chi connectivity index (χ4n) is 2.87. The summed E-state index contributed by atoms with van der Waals surface area (Å²) in [6.07, 6.45) is 1.88. The number of rotatable bonds is 5. The molecule has 4 rings (SSSR count). The minimum Gasteiger partial charge on any atom is -0.322 e. The maximum atomic E-state index is 13.7. The van der Waals surface area contributed by atoms with E-state index in [1.54, 1.807) is 12.1 Å². The van der Waals surface area contributed by atoms with E-state index in [4.69, 9.17) is 0 Å². The van der Waals surface area contributed by atoms with Crippen LogP contribution in [0.25, 0.3) is 5.69 Å². The van der Waals surface area contributed by atoms with Crippen LogP contribution in [0, 0.1) is 11.6 Å². The van der Waals surface area contributed by atoms with Gasteiger partial charge in [-0.2, -0.15) is 5.10 Å². The molecule has 0 aliphatic heterocycles. The minimum atomic E-state index is -0.885. The number of nitrogens with zero attached hydrogens (tertiary/aromatic N) is 3. The van der Waals surface area contributed by atoms with E-state index in [1.165, 1.54) is 4.57 Å². The Bertz CT molecular complexity index is 1060. The van der Waals surface area contributed by atoms with E-state index in [2.05, 4.69) is 10.4 Å². The molecule has 6 nitrogen and oxygen atoms in total. The number of hydrogen-bond donors (Lipinski definition) is 1. The number of carbonyl (C=O) groups is 1. The predicted molar refractivity (Wildman–Crippen MR) is 94.8 cm³/mol. The maximum absolute atomic E-state index is 13.7. The SMILES string of the molecule is O=C(Cn1nc(C2CC2)n(-c2ccccc2)c1=O)Nc1ccc(F)cc1F. The smallest absolute Gasteiger partial charge is 0.322 e. The maximum Gasteiger partial charge on any atom is 0.351 e. The first-order chi connectivity index (χ1) is 13.0. The molecule has 3 aromatic rings. The van der Waals surface area contributed by atoms with Crippen molar-refractivity contribution in [3.05, 3.63) is 76.5 Å². The molecule has 8 heteroatoms. The normalized spacial score (nSPS) is 13.6. The summed E-state index contributed by atoms with van der Waals surface area (Å²) in [5, 5.41) is 6.66. The third-order valence-corrected chi connectivity index (χ3v) is 4.32. The van der Waals surface area contributed by atoms with Gasteiger partial charge in [0.25, 0.3) is 0 Å². The first kappa shape index (κ1) is 17.1. The second-order valence-corrected chi connectivity index (χ2v) is 6.42. The molecule has 27 heavy (non-hydrogen) atoms. The fraction of sp³-hybridized carbons (Fsp3) is 0.211. The van der Waals surface area contributed by atoms with Gasteiger partial charge in [0.2, 0.25) is 5.91 Å². The summed E-state index contributed by atoms with van der Waals surface area (Å²) in [5.41, 5.74) is 0.0952. The molecule has 1 aromatic heterocycles. The van der Waals surface area contributed by atoms with Crippen molar-refractivity contribution in [3.63, 3.8) is 0 Å². The van der Waals surface area contributed by atoms with Crippen LogP contribution in [0.5, 0.6) is 0 Å². The van der Waals surface area contributed by atoms with E-state index >= 15 is 0 Å². The molecule has 138 valence electrons. The van der Waals surface area contributed by atoms with Crippen LogP contribution in [0.4, 0.5) is 14.5 Å². The van der Waals surface area contributed by atoms with Crippen LogP contribution in [0.2, 0.25) is 0 Å². The Morgan fingerprint density at radius 2 is 1.89 bits per heavy atom. The lowest BCUT2D eigenvalue weighted by atomic mass is 10.3. The van der Waals surface area contributed by atoms with Gasteiger partial charge >= 0.3 is 5.69 Å². The first-order valence-corrected chi connectivity index (χ1v) is 8.53. The molecule has 2 aromatic carbocycles. The number of amides is 1. The van der Waals surface area contributed by atoms with Crippen LogP contribution in [-0.2, 0) is 11.3 Å². The van der Waals surface area contributed by atoms with E-state index in [9.17, 15) is 18.4 Å². The van der Waals surface area contributed by atoms with Crippen LogP contribution >= 0.6 is 0 Å². The van der Waals surface area contributed by atoms with Crippen molar-refractivity contribution in [2.75, 3.05) is 5.32 Å². The summed E-state index contributed by atoms with van der Waals surface area (Å²) < 4.78 is 29.2. The number of anilines is 1. The summed E-state index contributed by atoms with van der Waals surface area (Å²) in [5.74, 6) is -1.44. The Morgan fingerprint density at radius 3 is 2.56 bits per heavy atom. The Labute approximate surface area is 153 Å². The topological polar surface area (TPSA) is 68.9 Å². The standard InChI is InChI=1S/C19H16F2N4O2/c20-13-8-9-16(15(21)10-13)22-17(26)11-24-19(27)25(14-4-2-1-3-5-14)18(23-24)12-6-7-12/h1-5,8-10,12H,6-7,11H2,(H,22,26). The summed E-state index contributed by atoms with van der Waals surface area (Å²) in [6.45, 7) is -0.366. The molecule has 1 aliphatic rings. The number of halogens is 2. The molecular weight excluding hydrogens is 354 g/mol. The largest absolute Gasteiger partial charge is 0.351 e. The zero-order chi connectivity index (χ0) is 19.0. The van der Waals surface area contributed by atoms with E-state index in [1.807, 2.05) is 18.2 Å². The second kappa shape index (κ2) is 6.79. The molecule has 1 heterocycles. The van der Waals surface area contributed by atoms with Gasteiger partial charge in [-0.15, -0.1) is 0 Å². The number of hydrogen-bond acceptors (Lipinski definition) is 3. The number of aromatic nitrogens is 3.